The fraction of sp³-hybridized carbons (Fsp3) is 0.524. The number of rotatable bonds is 10. The van der Waals surface area contributed by atoms with E-state index in [0.29, 0.717) is 24.0 Å². The van der Waals surface area contributed by atoms with Crippen molar-refractivity contribution in [1.29, 1.82) is 0 Å². The third-order valence-corrected chi connectivity index (χ3v) is 5.42. The number of aromatic nitrogens is 2. The second-order valence-corrected chi connectivity index (χ2v) is 7.86. The SMILES string of the molecule is CCc1cc(NC(=O)NCC[C@@H](COC)N2CC(Oc3ccc(Cl)cc3)C2)n(C)n1. The van der Waals surface area contributed by atoms with Crippen molar-refractivity contribution in [2.45, 2.75) is 31.9 Å². The molecule has 0 bridgehead atoms. The minimum Gasteiger partial charge on any atom is -0.488 e. The summed E-state index contributed by atoms with van der Waals surface area (Å²) in [4.78, 5) is 14.5. The largest absolute Gasteiger partial charge is 0.488 e. The van der Waals surface area contributed by atoms with Gasteiger partial charge in [0, 0.05) is 50.9 Å². The lowest BCUT2D eigenvalue weighted by molar-refractivity contribution is -0.0322. The average molecular weight is 436 g/mol. The van der Waals surface area contributed by atoms with E-state index in [1.807, 2.05) is 44.3 Å². The molecule has 0 radical (unpaired) electrons. The van der Waals surface area contributed by atoms with E-state index in [0.717, 1.165) is 37.4 Å². The normalized spacial score (nSPS) is 15.5. The number of carbonyl (C=O) groups excluding carboxylic acids is 1. The Labute approximate surface area is 182 Å². The summed E-state index contributed by atoms with van der Waals surface area (Å²) in [5.41, 5.74) is 0.945. The zero-order valence-corrected chi connectivity index (χ0v) is 18.5. The summed E-state index contributed by atoms with van der Waals surface area (Å²) in [6.45, 7) is 4.86. The molecule has 1 saturated heterocycles. The average Bonchev–Trinajstić information content (AvgIpc) is 3.05. The van der Waals surface area contributed by atoms with Crippen LogP contribution in [0.15, 0.2) is 30.3 Å². The Morgan fingerprint density at radius 3 is 2.70 bits per heavy atom. The number of urea groups is 1. The van der Waals surface area contributed by atoms with Crippen LogP contribution in [0.2, 0.25) is 5.02 Å². The standard InChI is InChI=1S/C21H30ClN5O3/c1-4-16-11-20(26(2)25-16)24-21(28)23-10-9-17(14-29-3)27-12-19(13-27)30-18-7-5-15(22)6-8-18/h5-8,11,17,19H,4,9-10,12-14H2,1-3H3,(H2,23,24,28)/t17-/m0/s1. The van der Waals surface area contributed by atoms with Gasteiger partial charge in [-0.25, -0.2) is 4.79 Å². The van der Waals surface area contributed by atoms with E-state index in [9.17, 15) is 4.79 Å². The lowest BCUT2D eigenvalue weighted by Crippen LogP contribution is -2.59. The third kappa shape index (κ3) is 6.10. The van der Waals surface area contributed by atoms with Crippen molar-refractivity contribution >= 4 is 23.4 Å². The number of benzene rings is 1. The van der Waals surface area contributed by atoms with Gasteiger partial charge in [0.1, 0.15) is 17.7 Å². The Kier molecular flexibility index (Phi) is 7.95. The Morgan fingerprint density at radius 2 is 2.07 bits per heavy atom. The zero-order chi connectivity index (χ0) is 21.5. The van der Waals surface area contributed by atoms with Crippen molar-refractivity contribution in [3.8, 4) is 5.75 Å². The number of hydrogen-bond donors (Lipinski definition) is 2. The van der Waals surface area contributed by atoms with E-state index in [-0.39, 0.29) is 18.2 Å². The first-order valence-corrected chi connectivity index (χ1v) is 10.6. The molecule has 0 unspecified atom stereocenters. The Balaban J connectivity index is 1.39. The molecule has 1 atom stereocenters. The first-order valence-electron chi connectivity index (χ1n) is 10.2. The van der Waals surface area contributed by atoms with Crippen LogP contribution < -0.4 is 15.4 Å². The van der Waals surface area contributed by atoms with Gasteiger partial charge in [0.25, 0.3) is 0 Å². The van der Waals surface area contributed by atoms with E-state index in [1.54, 1.807) is 11.8 Å². The number of amides is 2. The van der Waals surface area contributed by atoms with Crippen LogP contribution in [0, 0.1) is 0 Å². The molecule has 164 valence electrons. The Bertz CT molecular complexity index is 821. The number of nitrogens with one attached hydrogen (secondary N) is 2. The molecule has 0 saturated carbocycles. The van der Waals surface area contributed by atoms with E-state index in [1.165, 1.54) is 0 Å². The van der Waals surface area contributed by atoms with Gasteiger partial charge in [0.05, 0.1) is 12.3 Å². The number of likely N-dealkylation sites (tertiary alicyclic amines) is 1. The molecular formula is C21H30ClN5O3. The maximum Gasteiger partial charge on any atom is 0.320 e. The number of nitrogens with zero attached hydrogens (tertiary/aromatic N) is 3. The fourth-order valence-electron chi connectivity index (χ4n) is 3.44. The first kappa shape index (κ1) is 22.4. The molecular weight excluding hydrogens is 406 g/mol. The summed E-state index contributed by atoms with van der Waals surface area (Å²) in [6.07, 6.45) is 1.77. The van der Waals surface area contributed by atoms with Crippen molar-refractivity contribution in [3.05, 3.63) is 41.0 Å². The van der Waals surface area contributed by atoms with Crippen LogP contribution >= 0.6 is 11.6 Å². The van der Waals surface area contributed by atoms with Crippen LogP contribution in [-0.2, 0) is 18.2 Å². The molecule has 0 aliphatic carbocycles. The molecule has 2 N–H and O–H groups in total. The van der Waals surface area contributed by atoms with E-state index in [4.69, 9.17) is 21.1 Å². The highest BCUT2D eigenvalue weighted by atomic mass is 35.5. The molecule has 2 heterocycles. The summed E-state index contributed by atoms with van der Waals surface area (Å²) in [7, 11) is 3.51. The van der Waals surface area contributed by atoms with Crippen LogP contribution in [0.25, 0.3) is 0 Å². The van der Waals surface area contributed by atoms with Crippen molar-refractivity contribution in [2.75, 3.05) is 38.7 Å². The zero-order valence-electron chi connectivity index (χ0n) is 17.7. The molecule has 1 aromatic carbocycles. The molecule has 1 fully saturated rings. The highest BCUT2D eigenvalue weighted by Gasteiger charge is 2.33. The van der Waals surface area contributed by atoms with Gasteiger partial charge in [-0.15, -0.1) is 0 Å². The lowest BCUT2D eigenvalue weighted by atomic mass is 10.1. The second-order valence-electron chi connectivity index (χ2n) is 7.42. The van der Waals surface area contributed by atoms with Crippen molar-refractivity contribution in [2.24, 2.45) is 7.05 Å². The number of methoxy groups -OCH3 is 1. The number of aryl methyl sites for hydroxylation is 2. The van der Waals surface area contributed by atoms with Gasteiger partial charge in [-0.05, 0) is 37.1 Å². The van der Waals surface area contributed by atoms with Gasteiger partial charge in [0.15, 0.2) is 0 Å². The van der Waals surface area contributed by atoms with Gasteiger partial charge < -0.3 is 14.8 Å². The van der Waals surface area contributed by atoms with Crippen LogP contribution in [0.3, 0.4) is 0 Å². The van der Waals surface area contributed by atoms with Crippen molar-refractivity contribution in [1.82, 2.24) is 20.0 Å². The topological polar surface area (TPSA) is 80.6 Å². The maximum absolute atomic E-state index is 12.2. The quantitative estimate of drug-likeness (QED) is 0.599. The summed E-state index contributed by atoms with van der Waals surface area (Å²) in [5.74, 6) is 1.51. The van der Waals surface area contributed by atoms with Crippen LogP contribution in [0.5, 0.6) is 5.75 Å². The minimum absolute atomic E-state index is 0.152. The Hall–Kier alpha value is -2.29. The molecule has 8 nitrogen and oxygen atoms in total. The van der Waals surface area contributed by atoms with Gasteiger partial charge in [-0.3, -0.25) is 14.9 Å². The number of carbonyl (C=O) groups is 1. The predicted octanol–water partition coefficient (Wildman–Crippen LogP) is 2.93. The predicted molar refractivity (Wildman–Crippen MR) is 117 cm³/mol. The number of hydrogen-bond acceptors (Lipinski definition) is 5. The van der Waals surface area contributed by atoms with Gasteiger partial charge >= 0.3 is 6.03 Å². The highest BCUT2D eigenvalue weighted by Crippen LogP contribution is 2.22. The first-order chi connectivity index (χ1) is 14.5. The lowest BCUT2D eigenvalue weighted by Gasteiger charge is -2.43. The van der Waals surface area contributed by atoms with Gasteiger partial charge in [0.2, 0.25) is 0 Å². The van der Waals surface area contributed by atoms with Crippen LogP contribution in [0.1, 0.15) is 19.0 Å². The molecule has 0 spiro atoms. The highest BCUT2D eigenvalue weighted by molar-refractivity contribution is 6.30. The molecule has 2 amide bonds. The van der Waals surface area contributed by atoms with E-state index >= 15 is 0 Å². The summed E-state index contributed by atoms with van der Waals surface area (Å²) < 4.78 is 13.0. The molecule has 3 rings (SSSR count). The summed E-state index contributed by atoms with van der Waals surface area (Å²) in [5, 5.41) is 10.8. The molecule has 30 heavy (non-hydrogen) atoms. The van der Waals surface area contributed by atoms with Crippen LogP contribution in [-0.4, -0.2) is 66.2 Å². The molecule has 1 aromatic heterocycles. The molecule has 9 heteroatoms. The Morgan fingerprint density at radius 1 is 1.33 bits per heavy atom. The smallest absolute Gasteiger partial charge is 0.320 e. The van der Waals surface area contributed by atoms with E-state index in [2.05, 4.69) is 20.6 Å². The monoisotopic (exact) mass is 435 g/mol. The maximum atomic E-state index is 12.2. The minimum atomic E-state index is -0.232. The van der Waals surface area contributed by atoms with Gasteiger partial charge in [-0.1, -0.05) is 18.5 Å². The molecule has 2 aromatic rings. The summed E-state index contributed by atoms with van der Waals surface area (Å²) >= 11 is 5.91. The summed E-state index contributed by atoms with van der Waals surface area (Å²) in [6, 6.07) is 9.29. The molecule has 1 aliphatic heterocycles. The number of anilines is 1. The number of ether oxygens (including phenoxy) is 2. The number of halogens is 1. The molecule has 1 aliphatic rings. The van der Waals surface area contributed by atoms with Gasteiger partial charge in [-0.2, -0.15) is 5.10 Å². The second kappa shape index (κ2) is 10.7. The fourth-order valence-corrected chi connectivity index (χ4v) is 3.57. The van der Waals surface area contributed by atoms with Crippen molar-refractivity contribution < 1.29 is 14.3 Å². The third-order valence-electron chi connectivity index (χ3n) is 5.17. The van der Waals surface area contributed by atoms with E-state index < -0.39 is 0 Å². The van der Waals surface area contributed by atoms with Crippen LogP contribution in [0.4, 0.5) is 10.6 Å². The van der Waals surface area contributed by atoms with Crippen molar-refractivity contribution in [3.63, 3.8) is 0 Å².